The van der Waals surface area contributed by atoms with Crippen LogP contribution in [0.3, 0.4) is 0 Å². The molecule has 0 radical (unpaired) electrons. The van der Waals surface area contributed by atoms with Gasteiger partial charge in [0.25, 0.3) is 0 Å². The van der Waals surface area contributed by atoms with Crippen molar-refractivity contribution in [3.63, 3.8) is 0 Å². The van der Waals surface area contributed by atoms with Gasteiger partial charge in [-0.3, -0.25) is 19.3 Å². The van der Waals surface area contributed by atoms with Crippen LogP contribution in [0.2, 0.25) is 0 Å². The molecule has 2 fully saturated rings. The summed E-state index contributed by atoms with van der Waals surface area (Å²) in [6, 6.07) is 11.5. The lowest BCUT2D eigenvalue weighted by atomic mass is 9.90. The fourth-order valence-corrected chi connectivity index (χ4v) is 8.35. The summed E-state index contributed by atoms with van der Waals surface area (Å²) < 4.78 is 78.5. The first-order valence-corrected chi connectivity index (χ1v) is 17.9. The molecule has 3 aliphatic heterocycles. The number of ether oxygens (including phenoxy) is 2. The molecule has 4 bridgehead atoms. The number of rotatable bonds is 7. The van der Waals surface area contributed by atoms with E-state index in [0.29, 0.717) is 61.9 Å². The van der Waals surface area contributed by atoms with E-state index in [1.54, 1.807) is 48.5 Å². The predicted molar refractivity (Wildman–Crippen MR) is 181 cm³/mol. The first-order chi connectivity index (χ1) is 22.8. The lowest BCUT2D eigenvalue weighted by Crippen LogP contribution is -2.49. The van der Waals surface area contributed by atoms with Crippen LogP contribution >= 0.6 is 13.5 Å². The lowest BCUT2D eigenvalue weighted by molar-refractivity contribution is -0.149. The quantitative estimate of drug-likeness (QED) is 0.419. The van der Waals surface area contributed by atoms with Gasteiger partial charge in [0.05, 0.1) is 37.5 Å². The highest BCUT2D eigenvalue weighted by Crippen LogP contribution is 2.30. The number of hydrogen-bond acceptors (Lipinski definition) is 8. The zero-order valence-corrected chi connectivity index (χ0v) is 29.3. The van der Waals surface area contributed by atoms with Crippen LogP contribution in [0.4, 0.5) is 13.2 Å². The number of halogens is 3. The molecule has 0 unspecified atom stereocenters. The second kappa shape index (κ2) is 16.8. The molecule has 2 aromatic rings. The number of likely N-dealkylation sites (N-methyl/N-ethyl adjacent to an activating group) is 1. The van der Waals surface area contributed by atoms with Crippen molar-refractivity contribution in [1.29, 1.82) is 0 Å². The second-order valence-electron chi connectivity index (χ2n) is 12.8. The minimum absolute atomic E-state index is 0. The van der Waals surface area contributed by atoms with Gasteiger partial charge >= 0.3 is 6.18 Å². The first kappa shape index (κ1) is 38.8. The maximum absolute atomic E-state index is 14.3. The highest BCUT2D eigenvalue weighted by Gasteiger charge is 2.41. The molecule has 0 aromatic heterocycles. The number of carbonyl (C=O) groups is 3. The molecule has 0 spiro atoms. The molecule has 1 amide bonds. The molecule has 0 aliphatic carbocycles. The summed E-state index contributed by atoms with van der Waals surface area (Å²) in [5, 5.41) is 0. The van der Waals surface area contributed by atoms with Crippen molar-refractivity contribution in [2.24, 2.45) is 5.92 Å². The molecule has 2 aromatic carbocycles. The topological polar surface area (TPSA) is 114 Å². The van der Waals surface area contributed by atoms with Crippen LogP contribution in [0.25, 0.3) is 0 Å². The fourth-order valence-electron chi connectivity index (χ4n) is 6.63. The molecule has 0 saturated carbocycles. The lowest BCUT2D eigenvalue weighted by Gasteiger charge is -2.33. The van der Waals surface area contributed by atoms with E-state index in [0.717, 1.165) is 0 Å². The first-order valence-electron chi connectivity index (χ1n) is 16.3. The molecular weight excluding hydrogens is 684 g/mol. The molecular formula is C34H44F3N3O7S2. The van der Waals surface area contributed by atoms with Crippen LogP contribution in [0, 0.1) is 5.92 Å². The van der Waals surface area contributed by atoms with Gasteiger partial charge < -0.3 is 14.4 Å². The number of carbonyl (C=O) groups excluding carboxylic acids is 3. The molecule has 2 saturated heterocycles. The molecule has 5 rings (SSSR count). The molecule has 49 heavy (non-hydrogen) atoms. The number of amides is 1. The Morgan fingerprint density at radius 1 is 0.939 bits per heavy atom. The second-order valence-corrected chi connectivity index (χ2v) is 14.8. The summed E-state index contributed by atoms with van der Waals surface area (Å²) in [7, 11) is -2.33. The van der Waals surface area contributed by atoms with Crippen LogP contribution in [0.1, 0.15) is 43.2 Å². The Morgan fingerprint density at radius 2 is 1.57 bits per heavy atom. The molecule has 3 atom stereocenters. The van der Waals surface area contributed by atoms with Gasteiger partial charge in [0.1, 0.15) is 11.5 Å². The summed E-state index contributed by atoms with van der Waals surface area (Å²) in [5.74, 6) is -1.90. The van der Waals surface area contributed by atoms with Gasteiger partial charge in [0, 0.05) is 51.9 Å². The van der Waals surface area contributed by atoms with E-state index in [2.05, 4.69) is 4.90 Å². The summed E-state index contributed by atoms with van der Waals surface area (Å²) in [5.41, 5.74) is 1.26. The number of sulfonamides is 1. The van der Waals surface area contributed by atoms with Crippen LogP contribution in [0.15, 0.2) is 48.5 Å². The minimum Gasteiger partial charge on any atom is -0.457 e. The molecule has 3 aliphatic rings. The van der Waals surface area contributed by atoms with Crippen molar-refractivity contribution in [2.75, 3.05) is 52.2 Å². The number of Topliss-reactive ketones (excluding diaryl/α,β-unsaturated/α-hetero) is 2. The molecule has 15 heteroatoms. The molecule has 3 heterocycles. The number of nitrogens with zero attached hydrogens (tertiary/aromatic N) is 3. The molecule has 270 valence electrons. The SMILES string of the molecule is CN1C(=O)[C@H](CCN2CCOCC2)CC(=O)[C@@H](N2CCCS2(=O)=O)Cc2cccc(c2)Oc2cccc(c2)C[C@H]1C(=O)CCC(F)(F)F.S. The Kier molecular flexibility index (Phi) is 13.3. The van der Waals surface area contributed by atoms with Crippen molar-refractivity contribution in [1.82, 2.24) is 14.1 Å². The Balaban J connectivity index is 0.00000541. The van der Waals surface area contributed by atoms with Gasteiger partial charge in [-0.05, 0) is 61.2 Å². The van der Waals surface area contributed by atoms with Crippen LogP contribution in [-0.4, -0.2) is 110 Å². The van der Waals surface area contributed by atoms with E-state index in [4.69, 9.17) is 9.47 Å². The number of ketones is 2. The Labute approximate surface area is 292 Å². The van der Waals surface area contributed by atoms with Gasteiger partial charge in [0.2, 0.25) is 15.9 Å². The smallest absolute Gasteiger partial charge is 0.389 e. The zero-order valence-electron chi connectivity index (χ0n) is 27.5. The predicted octanol–water partition coefficient (Wildman–Crippen LogP) is 4.13. The summed E-state index contributed by atoms with van der Waals surface area (Å²) in [6.07, 6.45) is -6.37. The van der Waals surface area contributed by atoms with E-state index >= 15 is 0 Å². The third-order valence-corrected chi connectivity index (χ3v) is 11.2. The van der Waals surface area contributed by atoms with E-state index < -0.39 is 64.5 Å². The van der Waals surface area contributed by atoms with Gasteiger partial charge in [-0.15, -0.1) is 0 Å². The summed E-state index contributed by atoms with van der Waals surface area (Å²) >= 11 is 0. The van der Waals surface area contributed by atoms with Gasteiger partial charge in [-0.2, -0.15) is 31.0 Å². The van der Waals surface area contributed by atoms with Gasteiger partial charge in [0.15, 0.2) is 11.6 Å². The largest absolute Gasteiger partial charge is 0.457 e. The highest BCUT2D eigenvalue weighted by atomic mass is 32.2. The molecule has 0 N–H and O–H groups in total. The maximum Gasteiger partial charge on any atom is 0.389 e. The maximum atomic E-state index is 14.3. The Hall–Kier alpha value is -2.98. The minimum atomic E-state index is -4.56. The van der Waals surface area contributed by atoms with Gasteiger partial charge in [-0.1, -0.05) is 24.3 Å². The highest BCUT2D eigenvalue weighted by molar-refractivity contribution is 7.89. The van der Waals surface area contributed by atoms with Gasteiger partial charge in [-0.25, -0.2) is 8.42 Å². The normalized spacial score (nSPS) is 24.2. The monoisotopic (exact) mass is 727 g/mol. The third-order valence-electron chi connectivity index (χ3n) is 9.28. The van der Waals surface area contributed by atoms with Crippen molar-refractivity contribution in [3.05, 3.63) is 59.7 Å². The number of alkyl halides is 3. The summed E-state index contributed by atoms with van der Waals surface area (Å²) in [4.78, 5) is 45.2. The van der Waals surface area contributed by atoms with Crippen molar-refractivity contribution in [3.8, 4) is 11.5 Å². The van der Waals surface area contributed by atoms with E-state index in [1.807, 2.05) is 0 Å². The number of morpholine rings is 1. The van der Waals surface area contributed by atoms with Crippen molar-refractivity contribution >= 4 is 41.0 Å². The van der Waals surface area contributed by atoms with E-state index in [-0.39, 0.29) is 51.5 Å². The number of fused-ring (bicyclic) bond motifs is 4. The Bertz CT molecular complexity index is 1580. The Morgan fingerprint density at radius 3 is 2.16 bits per heavy atom. The van der Waals surface area contributed by atoms with Crippen LogP contribution in [-0.2, 0) is 42.0 Å². The number of hydrogen-bond donors (Lipinski definition) is 0. The standard InChI is InChI=1S/C34H42F3N3O7S.H2S/c1-38-29(31(41)9-11-34(35,36)37)21-24-5-2-7-27(19-24)47-28-8-3-6-25(20-28)22-30(40-12-4-18-48(40,44)45)32(42)23-26(33(38)43)10-13-39-14-16-46-17-15-39;/h2-3,5-8,19-20,26,29-30H,4,9-18,21-23H2,1H3;1H2/t26-,29+,30+;/m1./s1. The van der Waals surface area contributed by atoms with Crippen molar-refractivity contribution in [2.45, 2.75) is 63.2 Å². The number of benzene rings is 2. The van der Waals surface area contributed by atoms with E-state index in [1.165, 1.54) is 16.3 Å². The third kappa shape index (κ3) is 10.5. The fraction of sp³-hybridized carbons (Fsp3) is 0.559. The zero-order chi connectivity index (χ0) is 34.5. The summed E-state index contributed by atoms with van der Waals surface area (Å²) in [6.45, 7) is 2.92. The van der Waals surface area contributed by atoms with E-state index in [9.17, 15) is 36.0 Å². The molecule has 10 nitrogen and oxygen atoms in total. The average molecular weight is 728 g/mol. The van der Waals surface area contributed by atoms with Crippen LogP contribution in [0.5, 0.6) is 11.5 Å². The average Bonchev–Trinajstić information content (AvgIpc) is 3.40. The van der Waals surface area contributed by atoms with Crippen LogP contribution < -0.4 is 4.74 Å². The van der Waals surface area contributed by atoms with Crippen molar-refractivity contribution < 1.29 is 45.4 Å².